The first kappa shape index (κ1) is 17.1. The number of anilines is 1. The second-order valence-corrected chi connectivity index (χ2v) is 8.37. The number of nitrogens with zero attached hydrogens (tertiary/aromatic N) is 3. The lowest BCUT2D eigenvalue weighted by Gasteiger charge is -2.36. The minimum Gasteiger partial charge on any atom is -0.369 e. The van der Waals surface area contributed by atoms with Gasteiger partial charge in [0.1, 0.15) is 4.90 Å². The first-order chi connectivity index (χ1) is 12.6. The minimum atomic E-state index is -3.70. The van der Waals surface area contributed by atoms with Gasteiger partial charge >= 0.3 is 0 Å². The van der Waals surface area contributed by atoms with E-state index in [1.807, 2.05) is 18.2 Å². The molecule has 0 saturated carbocycles. The maximum absolute atomic E-state index is 12.6. The largest absolute Gasteiger partial charge is 0.369 e. The van der Waals surface area contributed by atoms with Crippen molar-refractivity contribution in [2.45, 2.75) is 4.90 Å². The van der Waals surface area contributed by atoms with E-state index in [2.05, 4.69) is 21.9 Å². The van der Waals surface area contributed by atoms with Crippen molar-refractivity contribution < 1.29 is 13.2 Å². The van der Waals surface area contributed by atoms with Crippen molar-refractivity contribution in [2.24, 2.45) is 0 Å². The summed E-state index contributed by atoms with van der Waals surface area (Å²) in [4.78, 5) is 17.1. The van der Waals surface area contributed by atoms with E-state index in [0.29, 0.717) is 6.54 Å². The first-order valence-electron chi connectivity index (χ1n) is 8.76. The summed E-state index contributed by atoms with van der Waals surface area (Å²) in [7, 11) is -3.70. The highest BCUT2D eigenvalue weighted by molar-refractivity contribution is 7.90. The number of benzene rings is 2. The Morgan fingerprint density at radius 3 is 2.15 bits per heavy atom. The van der Waals surface area contributed by atoms with Gasteiger partial charge < -0.3 is 4.90 Å². The molecule has 0 bridgehead atoms. The summed E-state index contributed by atoms with van der Waals surface area (Å²) < 4.78 is 26.2. The fraction of sp³-hybridized carbons (Fsp3) is 0.316. The van der Waals surface area contributed by atoms with Gasteiger partial charge in [0.2, 0.25) is 0 Å². The van der Waals surface area contributed by atoms with Gasteiger partial charge in [-0.15, -0.1) is 0 Å². The standard InChI is InChI=1S/C19H21N3O3S/c23-19-17-8-4-5-9-18(17)26(24,25)22(19)15-12-20-10-13-21(14-11-20)16-6-2-1-3-7-16/h1-9H,10-15H2. The van der Waals surface area contributed by atoms with E-state index in [9.17, 15) is 13.2 Å². The van der Waals surface area contributed by atoms with Crippen molar-refractivity contribution in [1.82, 2.24) is 9.21 Å². The smallest absolute Gasteiger partial charge is 0.269 e. The Morgan fingerprint density at radius 2 is 1.46 bits per heavy atom. The van der Waals surface area contributed by atoms with Gasteiger partial charge in [0, 0.05) is 38.4 Å². The minimum absolute atomic E-state index is 0.124. The quantitative estimate of drug-likeness (QED) is 0.818. The van der Waals surface area contributed by atoms with E-state index >= 15 is 0 Å². The van der Waals surface area contributed by atoms with Gasteiger partial charge in [0.05, 0.1) is 12.1 Å². The van der Waals surface area contributed by atoms with Crippen molar-refractivity contribution in [3.8, 4) is 0 Å². The molecule has 0 N–H and O–H groups in total. The maximum atomic E-state index is 12.6. The Labute approximate surface area is 153 Å². The van der Waals surface area contributed by atoms with Crippen LogP contribution in [-0.2, 0) is 10.0 Å². The molecule has 0 aliphatic carbocycles. The Hall–Kier alpha value is -2.38. The van der Waals surface area contributed by atoms with E-state index in [1.165, 1.54) is 11.8 Å². The number of hydrogen-bond donors (Lipinski definition) is 0. The third-order valence-electron chi connectivity index (χ3n) is 5.02. The first-order valence-corrected chi connectivity index (χ1v) is 10.2. The van der Waals surface area contributed by atoms with Crippen LogP contribution in [-0.4, -0.2) is 62.8 Å². The van der Waals surface area contributed by atoms with Crippen molar-refractivity contribution in [3.05, 3.63) is 60.2 Å². The van der Waals surface area contributed by atoms with Crippen LogP contribution in [0.25, 0.3) is 0 Å². The number of carbonyl (C=O) groups excluding carboxylic acids is 1. The average Bonchev–Trinajstić information content (AvgIpc) is 2.88. The number of para-hydroxylation sites is 1. The summed E-state index contributed by atoms with van der Waals surface area (Å²) >= 11 is 0. The Balaban J connectivity index is 1.37. The zero-order valence-electron chi connectivity index (χ0n) is 14.4. The zero-order chi connectivity index (χ0) is 18.1. The Kier molecular flexibility index (Phi) is 4.42. The molecule has 2 aliphatic heterocycles. The fourth-order valence-corrected chi connectivity index (χ4v) is 5.11. The van der Waals surface area contributed by atoms with Crippen LogP contribution in [0.5, 0.6) is 0 Å². The lowest BCUT2D eigenvalue weighted by atomic mass is 10.2. The number of carbonyl (C=O) groups is 1. The van der Waals surface area contributed by atoms with Crippen LogP contribution in [0.3, 0.4) is 0 Å². The van der Waals surface area contributed by atoms with Crippen molar-refractivity contribution in [1.29, 1.82) is 0 Å². The second-order valence-electron chi connectivity index (χ2n) is 6.54. The monoisotopic (exact) mass is 371 g/mol. The molecule has 0 aromatic heterocycles. The van der Waals surface area contributed by atoms with Crippen LogP contribution in [0.2, 0.25) is 0 Å². The number of sulfonamides is 1. The topological polar surface area (TPSA) is 60.9 Å². The molecule has 1 amide bonds. The van der Waals surface area contributed by atoms with Gasteiger partial charge in [-0.05, 0) is 24.3 Å². The van der Waals surface area contributed by atoms with E-state index in [1.54, 1.807) is 18.2 Å². The lowest BCUT2D eigenvalue weighted by Crippen LogP contribution is -2.49. The summed E-state index contributed by atoms with van der Waals surface area (Å²) in [5.74, 6) is -0.413. The highest BCUT2D eigenvalue weighted by Gasteiger charge is 2.40. The number of piperazine rings is 1. The molecule has 2 aromatic carbocycles. The molecule has 2 aliphatic rings. The summed E-state index contributed by atoms with van der Waals surface area (Å²) in [6, 6.07) is 16.7. The van der Waals surface area contributed by atoms with Crippen LogP contribution < -0.4 is 4.90 Å². The van der Waals surface area contributed by atoms with Gasteiger partial charge in [-0.3, -0.25) is 9.69 Å². The fourth-order valence-electron chi connectivity index (χ4n) is 3.55. The van der Waals surface area contributed by atoms with Crippen molar-refractivity contribution in [2.75, 3.05) is 44.2 Å². The summed E-state index contributed by atoms with van der Waals surface area (Å²) in [6.07, 6.45) is 0. The number of hydrogen-bond acceptors (Lipinski definition) is 5. The van der Waals surface area contributed by atoms with Crippen LogP contribution in [0.15, 0.2) is 59.5 Å². The normalized spacial score (nSPS) is 19.6. The third kappa shape index (κ3) is 2.97. The molecule has 4 rings (SSSR count). The van der Waals surface area contributed by atoms with Crippen LogP contribution >= 0.6 is 0 Å². The van der Waals surface area contributed by atoms with Gasteiger partial charge in [-0.1, -0.05) is 30.3 Å². The molecule has 7 heteroatoms. The second kappa shape index (κ2) is 6.74. The molecular formula is C19H21N3O3S. The number of fused-ring (bicyclic) bond motifs is 1. The molecule has 6 nitrogen and oxygen atoms in total. The van der Waals surface area contributed by atoms with Crippen LogP contribution in [0.4, 0.5) is 5.69 Å². The number of rotatable bonds is 4. The summed E-state index contributed by atoms with van der Waals surface area (Å²) in [6.45, 7) is 4.24. The maximum Gasteiger partial charge on any atom is 0.269 e. The van der Waals surface area contributed by atoms with E-state index in [-0.39, 0.29) is 17.0 Å². The molecule has 2 heterocycles. The zero-order valence-corrected chi connectivity index (χ0v) is 15.2. The molecule has 2 aromatic rings. The molecule has 1 saturated heterocycles. The molecule has 0 unspecified atom stereocenters. The van der Waals surface area contributed by atoms with Gasteiger partial charge in [0.15, 0.2) is 0 Å². The van der Waals surface area contributed by atoms with Gasteiger partial charge in [-0.2, -0.15) is 0 Å². The molecular weight excluding hydrogens is 350 g/mol. The highest BCUT2D eigenvalue weighted by atomic mass is 32.2. The van der Waals surface area contributed by atoms with Crippen molar-refractivity contribution in [3.63, 3.8) is 0 Å². The predicted octanol–water partition coefficient (Wildman–Crippen LogP) is 1.65. The van der Waals surface area contributed by atoms with E-state index < -0.39 is 15.9 Å². The molecule has 0 radical (unpaired) electrons. The molecule has 26 heavy (non-hydrogen) atoms. The Bertz CT molecular complexity index is 907. The van der Waals surface area contributed by atoms with Crippen molar-refractivity contribution >= 4 is 21.6 Å². The highest BCUT2D eigenvalue weighted by Crippen LogP contribution is 2.29. The summed E-state index contributed by atoms with van der Waals surface area (Å²) in [5, 5.41) is 0. The molecule has 0 spiro atoms. The molecule has 1 fully saturated rings. The average molecular weight is 371 g/mol. The molecule has 136 valence electrons. The molecule has 0 atom stereocenters. The lowest BCUT2D eigenvalue weighted by molar-refractivity contribution is 0.0858. The van der Waals surface area contributed by atoms with E-state index in [0.717, 1.165) is 30.5 Å². The van der Waals surface area contributed by atoms with E-state index in [4.69, 9.17) is 0 Å². The van der Waals surface area contributed by atoms with Crippen LogP contribution in [0.1, 0.15) is 10.4 Å². The SMILES string of the molecule is O=C1c2ccccc2S(=O)(=O)N1CCN1CCN(c2ccccc2)CC1. The van der Waals surface area contributed by atoms with Gasteiger partial charge in [0.25, 0.3) is 15.9 Å². The summed E-state index contributed by atoms with van der Waals surface area (Å²) in [5.41, 5.74) is 1.49. The van der Waals surface area contributed by atoms with Crippen LogP contribution in [0, 0.1) is 0 Å². The number of amides is 1. The Morgan fingerprint density at radius 1 is 0.808 bits per heavy atom. The van der Waals surface area contributed by atoms with Gasteiger partial charge in [-0.25, -0.2) is 12.7 Å². The predicted molar refractivity (Wildman–Crippen MR) is 99.8 cm³/mol. The third-order valence-corrected chi connectivity index (χ3v) is 6.87.